The van der Waals surface area contributed by atoms with Crippen molar-refractivity contribution in [3.63, 3.8) is 0 Å². The van der Waals surface area contributed by atoms with Gasteiger partial charge in [-0.1, -0.05) is 12.1 Å². The summed E-state index contributed by atoms with van der Waals surface area (Å²) < 4.78 is 0. The second-order valence-corrected chi connectivity index (χ2v) is 6.39. The van der Waals surface area contributed by atoms with Crippen molar-refractivity contribution in [3.8, 4) is 10.4 Å². The predicted molar refractivity (Wildman–Crippen MR) is 88.0 cm³/mol. The number of aryl methyl sites for hydroxylation is 1. The van der Waals surface area contributed by atoms with E-state index in [-0.39, 0.29) is 11.8 Å². The van der Waals surface area contributed by atoms with Gasteiger partial charge in [0.1, 0.15) is 6.04 Å². The van der Waals surface area contributed by atoms with Crippen molar-refractivity contribution in [2.75, 3.05) is 6.54 Å². The first-order valence-electron chi connectivity index (χ1n) is 7.38. The van der Waals surface area contributed by atoms with Crippen LogP contribution >= 0.6 is 11.3 Å². The SMILES string of the molecule is Cc1ccsc1-c1cccc(C(=O)NC2CCCNC2=O)c1. The van der Waals surface area contributed by atoms with Gasteiger partial charge in [-0.05, 0) is 54.5 Å². The van der Waals surface area contributed by atoms with E-state index in [1.807, 2.05) is 23.6 Å². The molecule has 1 aliphatic rings. The molecule has 0 bridgehead atoms. The summed E-state index contributed by atoms with van der Waals surface area (Å²) in [4.78, 5) is 25.3. The van der Waals surface area contributed by atoms with E-state index >= 15 is 0 Å². The van der Waals surface area contributed by atoms with Crippen LogP contribution in [0.5, 0.6) is 0 Å². The van der Waals surface area contributed by atoms with E-state index in [0.29, 0.717) is 18.5 Å². The van der Waals surface area contributed by atoms with Crippen LogP contribution in [0.25, 0.3) is 10.4 Å². The molecule has 1 unspecified atom stereocenters. The number of amides is 2. The molecule has 2 N–H and O–H groups in total. The highest BCUT2D eigenvalue weighted by atomic mass is 32.1. The lowest BCUT2D eigenvalue weighted by Crippen LogP contribution is -2.50. The fourth-order valence-electron chi connectivity index (χ4n) is 2.62. The summed E-state index contributed by atoms with van der Waals surface area (Å²) in [7, 11) is 0. The number of benzene rings is 1. The topological polar surface area (TPSA) is 58.2 Å². The Morgan fingerprint density at radius 2 is 2.23 bits per heavy atom. The molecule has 114 valence electrons. The summed E-state index contributed by atoms with van der Waals surface area (Å²) in [6.45, 7) is 2.75. The Balaban J connectivity index is 1.78. The zero-order valence-corrected chi connectivity index (χ0v) is 13.2. The van der Waals surface area contributed by atoms with E-state index in [1.54, 1.807) is 17.4 Å². The third-order valence-corrected chi connectivity index (χ3v) is 4.91. The highest BCUT2D eigenvalue weighted by molar-refractivity contribution is 7.13. The van der Waals surface area contributed by atoms with Crippen LogP contribution in [0.3, 0.4) is 0 Å². The lowest BCUT2D eigenvalue weighted by atomic mass is 10.0. The molecule has 0 spiro atoms. The Bertz CT molecular complexity index is 708. The van der Waals surface area contributed by atoms with Crippen LogP contribution in [0.1, 0.15) is 28.8 Å². The second-order valence-electron chi connectivity index (χ2n) is 5.47. The number of carbonyl (C=O) groups excluding carboxylic acids is 2. The van der Waals surface area contributed by atoms with Crippen LogP contribution in [0.2, 0.25) is 0 Å². The van der Waals surface area contributed by atoms with Crippen molar-refractivity contribution in [3.05, 3.63) is 46.8 Å². The van der Waals surface area contributed by atoms with Gasteiger partial charge in [-0.15, -0.1) is 11.3 Å². The van der Waals surface area contributed by atoms with E-state index in [2.05, 4.69) is 23.6 Å². The van der Waals surface area contributed by atoms with Gasteiger partial charge in [-0.25, -0.2) is 0 Å². The molecule has 2 heterocycles. The fourth-order valence-corrected chi connectivity index (χ4v) is 3.55. The van der Waals surface area contributed by atoms with Crippen molar-refractivity contribution in [1.82, 2.24) is 10.6 Å². The quantitative estimate of drug-likeness (QED) is 0.915. The average Bonchev–Trinajstić information content (AvgIpc) is 2.96. The summed E-state index contributed by atoms with van der Waals surface area (Å²) >= 11 is 1.66. The van der Waals surface area contributed by atoms with Gasteiger partial charge in [-0.2, -0.15) is 0 Å². The maximum atomic E-state index is 12.4. The van der Waals surface area contributed by atoms with Gasteiger partial charge < -0.3 is 10.6 Å². The Hall–Kier alpha value is -2.14. The minimum Gasteiger partial charge on any atom is -0.354 e. The molecule has 1 aromatic carbocycles. The Morgan fingerprint density at radius 1 is 1.36 bits per heavy atom. The summed E-state index contributed by atoms with van der Waals surface area (Å²) in [5.74, 6) is -0.289. The molecule has 4 nitrogen and oxygen atoms in total. The number of rotatable bonds is 3. The Labute approximate surface area is 133 Å². The minimum atomic E-state index is -0.423. The maximum Gasteiger partial charge on any atom is 0.251 e. The van der Waals surface area contributed by atoms with E-state index in [1.165, 1.54) is 10.4 Å². The molecule has 22 heavy (non-hydrogen) atoms. The normalized spacial score (nSPS) is 17.9. The molecule has 1 aliphatic heterocycles. The molecular formula is C17H18N2O2S. The van der Waals surface area contributed by atoms with Crippen LogP contribution < -0.4 is 10.6 Å². The molecule has 0 aliphatic carbocycles. The van der Waals surface area contributed by atoms with Crippen LogP contribution in [-0.4, -0.2) is 24.4 Å². The molecule has 1 saturated heterocycles. The van der Waals surface area contributed by atoms with E-state index in [9.17, 15) is 9.59 Å². The molecule has 1 fully saturated rings. The lowest BCUT2D eigenvalue weighted by molar-refractivity contribution is -0.124. The highest BCUT2D eigenvalue weighted by Gasteiger charge is 2.24. The summed E-state index contributed by atoms with van der Waals surface area (Å²) in [5.41, 5.74) is 2.83. The number of carbonyl (C=O) groups is 2. The largest absolute Gasteiger partial charge is 0.354 e. The van der Waals surface area contributed by atoms with Crippen LogP contribution in [0.15, 0.2) is 35.7 Å². The van der Waals surface area contributed by atoms with Gasteiger partial charge in [-0.3, -0.25) is 9.59 Å². The third kappa shape index (κ3) is 3.04. The Kier molecular flexibility index (Phi) is 4.24. The first-order chi connectivity index (χ1) is 10.6. The summed E-state index contributed by atoms with van der Waals surface area (Å²) in [5, 5.41) is 7.65. The molecule has 2 amide bonds. The summed E-state index contributed by atoms with van der Waals surface area (Å²) in [6.07, 6.45) is 1.59. The van der Waals surface area contributed by atoms with Crippen molar-refractivity contribution in [1.29, 1.82) is 0 Å². The molecule has 1 aromatic heterocycles. The van der Waals surface area contributed by atoms with Gasteiger partial charge in [0.15, 0.2) is 0 Å². The maximum absolute atomic E-state index is 12.4. The van der Waals surface area contributed by atoms with Crippen LogP contribution in [0, 0.1) is 6.92 Å². The number of piperidine rings is 1. The molecule has 5 heteroatoms. The Morgan fingerprint density at radius 3 is 2.95 bits per heavy atom. The monoisotopic (exact) mass is 314 g/mol. The van der Waals surface area contributed by atoms with Crippen molar-refractivity contribution in [2.24, 2.45) is 0 Å². The van der Waals surface area contributed by atoms with Gasteiger partial charge in [0.05, 0.1) is 0 Å². The van der Waals surface area contributed by atoms with E-state index in [0.717, 1.165) is 12.0 Å². The highest BCUT2D eigenvalue weighted by Crippen LogP contribution is 2.29. The zero-order chi connectivity index (χ0) is 15.5. The summed E-state index contributed by atoms with van der Waals surface area (Å²) in [6, 6.07) is 9.19. The number of nitrogens with one attached hydrogen (secondary N) is 2. The van der Waals surface area contributed by atoms with Gasteiger partial charge in [0.2, 0.25) is 5.91 Å². The van der Waals surface area contributed by atoms with Gasteiger partial charge in [0.25, 0.3) is 5.91 Å². The molecule has 0 radical (unpaired) electrons. The molecule has 3 rings (SSSR count). The van der Waals surface area contributed by atoms with Crippen molar-refractivity contribution < 1.29 is 9.59 Å². The number of hydrogen-bond donors (Lipinski definition) is 2. The van der Waals surface area contributed by atoms with Gasteiger partial charge in [0, 0.05) is 17.0 Å². The average molecular weight is 314 g/mol. The predicted octanol–water partition coefficient (Wildman–Crippen LogP) is 2.73. The fraction of sp³-hybridized carbons (Fsp3) is 0.294. The lowest BCUT2D eigenvalue weighted by Gasteiger charge is -2.22. The molecular weight excluding hydrogens is 296 g/mol. The molecule has 1 atom stereocenters. The first-order valence-corrected chi connectivity index (χ1v) is 8.26. The van der Waals surface area contributed by atoms with Crippen molar-refractivity contribution in [2.45, 2.75) is 25.8 Å². The zero-order valence-electron chi connectivity index (χ0n) is 12.4. The van der Waals surface area contributed by atoms with Crippen LogP contribution in [0.4, 0.5) is 0 Å². The van der Waals surface area contributed by atoms with E-state index < -0.39 is 6.04 Å². The smallest absolute Gasteiger partial charge is 0.251 e. The first kappa shape index (κ1) is 14.8. The molecule has 0 saturated carbocycles. The minimum absolute atomic E-state index is 0.0927. The number of thiophene rings is 1. The molecule has 2 aromatic rings. The van der Waals surface area contributed by atoms with Crippen molar-refractivity contribution >= 4 is 23.2 Å². The standard InChI is InChI=1S/C17H18N2O2S/c1-11-7-9-22-15(11)12-4-2-5-13(10-12)16(20)19-14-6-3-8-18-17(14)21/h2,4-5,7,9-10,14H,3,6,8H2,1H3,(H,18,21)(H,19,20). The second kappa shape index (κ2) is 6.32. The number of hydrogen-bond acceptors (Lipinski definition) is 3. The van der Waals surface area contributed by atoms with E-state index in [4.69, 9.17) is 0 Å². The van der Waals surface area contributed by atoms with Crippen LogP contribution in [-0.2, 0) is 4.79 Å². The third-order valence-electron chi connectivity index (χ3n) is 3.84. The van der Waals surface area contributed by atoms with Gasteiger partial charge >= 0.3 is 0 Å².